The summed E-state index contributed by atoms with van der Waals surface area (Å²) in [4.78, 5) is 28.7. The number of carbonyl (C=O) groups excluding carboxylic acids is 2. The Morgan fingerprint density at radius 3 is 2.16 bits per heavy atom. The van der Waals surface area contributed by atoms with Crippen molar-refractivity contribution in [2.24, 2.45) is 0 Å². The van der Waals surface area contributed by atoms with E-state index in [0.29, 0.717) is 18.8 Å². The molecule has 6 nitrogen and oxygen atoms in total. The average Bonchev–Trinajstić information content (AvgIpc) is 2.81. The van der Waals surface area contributed by atoms with E-state index in [2.05, 4.69) is 5.32 Å². The van der Waals surface area contributed by atoms with Gasteiger partial charge in [0.05, 0.1) is 0 Å². The largest absolute Gasteiger partial charge is 0.444 e. The van der Waals surface area contributed by atoms with Crippen molar-refractivity contribution in [2.75, 3.05) is 23.3 Å². The predicted molar refractivity (Wildman–Crippen MR) is 121 cm³/mol. The number of amides is 3. The van der Waals surface area contributed by atoms with Crippen LogP contribution in [0.1, 0.15) is 17.5 Å². The van der Waals surface area contributed by atoms with Crippen LogP contribution in [0.25, 0.3) is 0 Å². The molecule has 1 aliphatic rings. The van der Waals surface area contributed by atoms with Crippen LogP contribution in [0.2, 0.25) is 0 Å². The van der Waals surface area contributed by atoms with Gasteiger partial charge in [0.1, 0.15) is 6.61 Å². The van der Waals surface area contributed by atoms with Crippen molar-refractivity contribution in [3.8, 4) is 0 Å². The van der Waals surface area contributed by atoms with Gasteiger partial charge in [0.25, 0.3) is 0 Å². The van der Waals surface area contributed by atoms with E-state index >= 15 is 0 Å². The lowest BCUT2D eigenvalue weighted by molar-refractivity contribution is 0.155. The Hall–Kier alpha value is -3.80. The van der Waals surface area contributed by atoms with E-state index in [1.54, 1.807) is 17.0 Å². The Morgan fingerprint density at radius 1 is 0.839 bits per heavy atom. The number of nitrogens with one attached hydrogen (secondary N) is 1. The molecule has 1 fully saturated rings. The Kier molecular flexibility index (Phi) is 6.47. The van der Waals surface area contributed by atoms with Gasteiger partial charge in [-0.2, -0.15) is 0 Å². The van der Waals surface area contributed by atoms with Gasteiger partial charge in [-0.1, -0.05) is 60.7 Å². The molecule has 6 heteroatoms. The number of rotatable bonds is 6. The van der Waals surface area contributed by atoms with Crippen molar-refractivity contribution in [2.45, 2.75) is 19.6 Å². The zero-order valence-electron chi connectivity index (χ0n) is 17.2. The maximum absolute atomic E-state index is 13.0. The van der Waals surface area contributed by atoms with Gasteiger partial charge in [0.15, 0.2) is 0 Å². The van der Waals surface area contributed by atoms with Crippen LogP contribution >= 0.6 is 0 Å². The SMILES string of the molecule is O=C(Nc1ccc(N2CCCN(Cc3ccccc3)C2=O)cc1)OCc1ccccc1. The van der Waals surface area contributed by atoms with Crippen LogP contribution in [-0.4, -0.2) is 30.1 Å². The number of nitrogens with zero attached hydrogens (tertiary/aromatic N) is 2. The van der Waals surface area contributed by atoms with Gasteiger partial charge in [-0.3, -0.25) is 10.2 Å². The lowest BCUT2D eigenvalue weighted by atomic mass is 10.2. The Labute approximate surface area is 182 Å². The average molecular weight is 415 g/mol. The first-order valence-corrected chi connectivity index (χ1v) is 10.4. The van der Waals surface area contributed by atoms with Crippen LogP contribution in [0.4, 0.5) is 21.0 Å². The summed E-state index contributed by atoms with van der Waals surface area (Å²) in [7, 11) is 0. The van der Waals surface area contributed by atoms with E-state index in [-0.39, 0.29) is 12.6 Å². The second-order valence-corrected chi connectivity index (χ2v) is 7.43. The second-order valence-electron chi connectivity index (χ2n) is 7.43. The number of urea groups is 1. The molecule has 3 aromatic carbocycles. The normalized spacial score (nSPS) is 13.7. The third kappa shape index (κ3) is 5.42. The highest BCUT2D eigenvalue weighted by Gasteiger charge is 2.26. The van der Waals surface area contributed by atoms with Crippen LogP contribution in [0, 0.1) is 0 Å². The molecule has 0 aromatic heterocycles. The maximum Gasteiger partial charge on any atom is 0.411 e. The summed E-state index contributed by atoms with van der Waals surface area (Å²) in [6.07, 6.45) is 0.393. The number of benzene rings is 3. The fourth-order valence-corrected chi connectivity index (χ4v) is 3.57. The van der Waals surface area contributed by atoms with Crippen molar-refractivity contribution >= 4 is 23.5 Å². The van der Waals surface area contributed by atoms with Crippen LogP contribution in [-0.2, 0) is 17.9 Å². The molecule has 0 radical (unpaired) electrons. The van der Waals surface area contributed by atoms with E-state index in [9.17, 15) is 9.59 Å². The standard InChI is InChI=1S/C25H25N3O3/c29-24(31-19-21-10-5-2-6-11-21)26-22-12-14-23(15-13-22)28-17-7-16-27(25(28)30)18-20-8-3-1-4-9-20/h1-6,8-15H,7,16-19H2,(H,26,29). The van der Waals surface area contributed by atoms with Crippen LogP contribution in [0.3, 0.4) is 0 Å². The van der Waals surface area contributed by atoms with Gasteiger partial charge in [0, 0.05) is 31.0 Å². The Bertz CT molecular complexity index is 1010. The van der Waals surface area contributed by atoms with Crippen LogP contribution in [0.15, 0.2) is 84.9 Å². The Morgan fingerprint density at radius 2 is 1.48 bits per heavy atom. The predicted octanol–water partition coefficient (Wildman–Crippen LogP) is 5.27. The van der Waals surface area contributed by atoms with Crippen LogP contribution in [0.5, 0.6) is 0 Å². The molecule has 4 rings (SSSR count). The van der Waals surface area contributed by atoms with Gasteiger partial charge in [0.2, 0.25) is 0 Å². The molecule has 31 heavy (non-hydrogen) atoms. The first-order valence-electron chi connectivity index (χ1n) is 10.4. The van der Waals surface area contributed by atoms with Gasteiger partial charge in [-0.15, -0.1) is 0 Å². The van der Waals surface area contributed by atoms with Gasteiger partial charge < -0.3 is 9.64 Å². The molecule has 0 spiro atoms. The maximum atomic E-state index is 13.0. The molecule has 0 saturated carbocycles. The van der Waals surface area contributed by atoms with E-state index in [4.69, 9.17) is 4.74 Å². The molecule has 1 aliphatic heterocycles. The first-order chi connectivity index (χ1) is 15.2. The summed E-state index contributed by atoms with van der Waals surface area (Å²) in [5.74, 6) is 0. The molecule has 3 aromatic rings. The molecule has 1 saturated heterocycles. The lowest BCUT2D eigenvalue weighted by Crippen LogP contribution is -2.49. The molecule has 1 N–H and O–H groups in total. The molecule has 1 heterocycles. The molecule has 0 unspecified atom stereocenters. The number of ether oxygens (including phenoxy) is 1. The van der Waals surface area contributed by atoms with E-state index in [1.807, 2.05) is 77.7 Å². The highest BCUT2D eigenvalue weighted by molar-refractivity contribution is 5.93. The zero-order valence-corrected chi connectivity index (χ0v) is 17.2. The molecule has 0 bridgehead atoms. The van der Waals surface area contributed by atoms with Crippen molar-refractivity contribution < 1.29 is 14.3 Å². The van der Waals surface area contributed by atoms with E-state index in [0.717, 1.165) is 29.8 Å². The van der Waals surface area contributed by atoms with Gasteiger partial charge in [-0.25, -0.2) is 9.59 Å². The van der Waals surface area contributed by atoms with E-state index in [1.165, 1.54) is 0 Å². The van der Waals surface area contributed by atoms with Crippen molar-refractivity contribution in [3.05, 3.63) is 96.1 Å². The van der Waals surface area contributed by atoms with Gasteiger partial charge >= 0.3 is 12.1 Å². The minimum Gasteiger partial charge on any atom is -0.444 e. The minimum atomic E-state index is -0.514. The quantitative estimate of drug-likeness (QED) is 0.597. The zero-order chi connectivity index (χ0) is 21.5. The third-order valence-electron chi connectivity index (χ3n) is 5.17. The molecular formula is C25H25N3O3. The van der Waals surface area contributed by atoms with Crippen molar-refractivity contribution in [1.82, 2.24) is 4.90 Å². The first kappa shape index (κ1) is 20.5. The highest BCUT2D eigenvalue weighted by Crippen LogP contribution is 2.23. The summed E-state index contributed by atoms with van der Waals surface area (Å²) in [5.41, 5.74) is 3.47. The van der Waals surface area contributed by atoms with E-state index < -0.39 is 6.09 Å². The second kappa shape index (κ2) is 9.80. The molecular weight excluding hydrogens is 390 g/mol. The fourth-order valence-electron chi connectivity index (χ4n) is 3.57. The fraction of sp³-hybridized carbons (Fsp3) is 0.200. The van der Waals surface area contributed by atoms with Crippen molar-refractivity contribution in [3.63, 3.8) is 0 Å². The smallest absolute Gasteiger partial charge is 0.411 e. The summed E-state index contributed by atoms with van der Waals surface area (Å²) in [5, 5.41) is 2.72. The minimum absolute atomic E-state index is 0.00177. The topological polar surface area (TPSA) is 61.9 Å². The lowest BCUT2D eigenvalue weighted by Gasteiger charge is -2.35. The number of hydrogen-bond acceptors (Lipinski definition) is 3. The number of hydrogen-bond donors (Lipinski definition) is 1. The number of carbonyl (C=O) groups is 2. The summed E-state index contributed by atoms with van der Waals surface area (Å²) >= 11 is 0. The summed E-state index contributed by atoms with van der Waals surface area (Å²) in [6, 6.07) is 26.8. The summed E-state index contributed by atoms with van der Waals surface area (Å²) in [6.45, 7) is 2.24. The molecule has 3 amide bonds. The molecule has 158 valence electrons. The van der Waals surface area contributed by atoms with Gasteiger partial charge in [-0.05, 0) is 41.8 Å². The molecule has 0 atom stereocenters. The summed E-state index contributed by atoms with van der Waals surface area (Å²) < 4.78 is 5.25. The highest BCUT2D eigenvalue weighted by atomic mass is 16.5. The third-order valence-corrected chi connectivity index (χ3v) is 5.17. The van der Waals surface area contributed by atoms with Crippen molar-refractivity contribution in [1.29, 1.82) is 0 Å². The van der Waals surface area contributed by atoms with Crippen LogP contribution < -0.4 is 10.2 Å². The monoisotopic (exact) mass is 415 g/mol. The number of anilines is 2. The molecule has 0 aliphatic carbocycles. The Balaban J connectivity index is 1.33.